The molecule has 1 aromatic heterocycles. The van der Waals surface area contributed by atoms with Crippen molar-refractivity contribution in [2.45, 2.75) is 46.4 Å². The van der Waals surface area contributed by atoms with Gasteiger partial charge in [-0.15, -0.1) is 18.3 Å². The molecule has 0 saturated carbocycles. The monoisotopic (exact) mass is 664 g/mol. The minimum absolute atomic E-state index is 0.283. The molecule has 0 atom stereocenters. The molecule has 3 aromatic carbocycles. The Kier molecular flexibility index (Phi) is 10.2. The first-order chi connectivity index (χ1) is 22.4. The van der Waals surface area contributed by atoms with Gasteiger partial charge in [0.1, 0.15) is 17.8 Å². The number of hydrogen-bond acceptors (Lipinski definition) is 6. The number of alkyl halides is 3. The maximum Gasteiger partial charge on any atom is 0.573 e. The van der Waals surface area contributed by atoms with Gasteiger partial charge in [0.25, 0.3) is 0 Å². The maximum atomic E-state index is 13.1. The van der Waals surface area contributed by atoms with E-state index in [4.69, 9.17) is 4.74 Å². The average molecular weight is 665 g/mol. The van der Waals surface area contributed by atoms with E-state index < -0.39 is 12.4 Å². The number of allylic oxidation sites excluding steroid dienone is 2. The molecule has 246 valence electrons. The van der Waals surface area contributed by atoms with E-state index in [1.165, 1.54) is 35.3 Å². The number of thioether (sulfide) groups is 1. The van der Waals surface area contributed by atoms with Gasteiger partial charge in [-0.2, -0.15) is 4.99 Å². The zero-order valence-electron chi connectivity index (χ0n) is 26.6. The lowest BCUT2D eigenvalue weighted by Gasteiger charge is -2.32. The number of carbonyl (C=O) groups is 1. The van der Waals surface area contributed by atoms with E-state index in [1.54, 1.807) is 18.9 Å². The van der Waals surface area contributed by atoms with E-state index in [1.807, 2.05) is 50.2 Å². The van der Waals surface area contributed by atoms with Gasteiger partial charge in [-0.1, -0.05) is 55.9 Å². The number of aromatic nitrogens is 3. The van der Waals surface area contributed by atoms with Crippen LogP contribution in [0.15, 0.2) is 83.7 Å². The molecule has 1 fully saturated rings. The third kappa shape index (κ3) is 8.33. The average Bonchev–Trinajstić information content (AvgIpc) is 3.54. The normalized spacial score (nSPS) is 15.1. The van der Waals surface area contributed by atoms with Crippen molar-refractivity contribution in [3.05, 3.63) is 89.9 Å². The molecular weight excluding hydrogens is 629 g/mol. The number of ether oxygens (including phenoxy) is 2. The summed E-state index contributed by atoms with van der Waals surface area (Å²) in [7, 11) is 1.64. The molecule has 5 rings (SSSR count). The van der Waals surface area contributed by atoms with Gasteiger partial charge >= 0.3 is 12.4 Å². The number of amidine groups is 1. The Hall–Kier alpha value is -4.78. The second-order valence-electron chi connectivity index (χ2n) is 11.1. The third-order valence-electron chi connectivity index (χ3n) is 7.60. The van der Waals surface area contributed by atoms with Gasteiger partial charge in [-0.25, -0.2) is 14.5 Å². The van der Waals surface area contributed by atoms with Crippen molar-refractivity contribution in [3.8, 4) is 28.6 Å². The number of nitrogens with zero attached hydrogens (tertiary/aromatic N) is 5. The molecule has 4 aromatic rings. The number of halogens is 3. The number of anilines is 1. The maximum absolute atomic E-state index is 13.1. The summed E-state index contributed by atoms with van der Waals surface area (Å²) in [6.07, 6.45) is -2.30. The van der Waals surface area contributed by atoms with Gasteiger partial charge in [0.05, 0.1) is 12.8 Å². The molecule has 0 bridgehead atoms. The smallest absolute Gasteiger partial charge is 0.497 e. The molecule has 1 saturated heterocycles. The van der Waals surface area contributed by atoms with Crippen LogP contribution in [0, 0.1) is 0 Å². The molecule has 13 heteroatoms. The van der Waals surface area contributed by atoms with E-state index >= 15 is 0 Å². The van der Waals surface area contributed by atoms with Gasteiger partial charge in [0.15, 0.2) is 11.0 Å². The van der Waals surface area contributed by atoms with Crippen molar-refractivity contribution in [2.75, 3.05) is 24.3 Å². The highest BCUT2D eigenvalue weighted by Gasteiger charge is 2.31. The number of carbonyl (C=O) groups excluding carboxylic acids is 1. The van der Waals surface area contributed by atoms with Crippen LogP contribution < -0.4 is 19.7 Å². The fourth-order valence-electron chi connectivity index (χ4n) is 5.02. The lowest BCUT2D eigenvalue weighted by Crippen LogP contribution is -2.36. The number of rotatable bonds is 8. The second-order valence-corrected chi connectivity index (χ2v) is 12.2. The summed E-state index contributed by atoms with van der Waals surface area (Å²) in [5.41, 5.74) is 5.87. The first-order valence-electron chi connectivity index (χ1n) is 15.0. The van der Waals surface area contributed by atoms with Crippen molar-refractivity contribution in [1.82, 2.24) is 20.1 Å². The number of nitrogens with one attached hydrogen (secondary N) is 1. The summed E-state index contributed by atoms with van der Waals surface area (Å²) in [5.74, 6) is 2.04. The van der Waals surface area contributed by atoms with Gasteiger partial charge in [0.2, 0.25) is 0 Å². The molecule has 1 aliphatic rings. The van der Waals surface area contributed by atoms with Crippen molar-refractivity contribution in [2.24, 2.45) is 4.99 Å². The SMILES string of the molecule is COc1ccc(C(C)C)c(N2CCCS/C2=N\C(=O)N/C(C)=C(\C)c2ccc(-c3ncn(-c4ccc(OC(F)(F)F)cc4)n3)cc2)c1. The molecule has 2 amide bonds. The Labute approximate surface area is 275 Å². The number of urea groups is 1. The predicted octanol–water partition coefficient (Wildman–Crippen LogP) is 8.42. The van der Waals surface area contributed by atoms with Gasteiger partial charge in [-0.3, -0.25) is 0 Å². The van der Waals surface area contributed by atoms with E-state index in [0.717, 1.165) is 52.4 Å². The highest BCUT2D eigenvalue weighted by atomic mass is 32.2. The minimum atomic E-state index is -4.76. The Morgan fingerprint density at radius 1 is 1.02 bits per heavy atom. The molecule has 1 N–H and O–H groups in total. The van der Waals surface area contributed by atoms with Crippen molar-refractivity contribution >= 4 is 34.2 Å². The standard InChI is InChI=1S/C34H35F3N6O3S/c1-21(2)29-16-15-28(45-5)19-30(29)42-17-6-18-47-33(42)40-32(44)39-23(4)22(3)24-7-9-25(10-8-24)31-38-20-43(41-31)26-11-13-27(14-12-26)46-34(35,36)37/h7-16,19-21H,6,17-18H2,1-5H3,(H,39,44)/b23-22+,40-33-. The lowest BCUT2D eigenvalue weighted by molar-refractivity contribution is -0.274. The van der Waals surface area contributed by atoms with Crippen LogP contribution in [0.2, 0.25) is 0 Å². The molecule has 1 aliphatic heterocycles. The van der Waals surface area contributed by atoms with Crippen LogP contribution in [-0.4, -0.2) is 51.7 Å². The summed E-state index contributed by atoms with van der Waals surface area (Å²) in [5, 5.41) is 8.04. The number of aliphatic imine (C=N–C) groups is 1. The van der Waals surface area contributed by atoms with Crippen LogP contribution in [0.4, 0.5) is 23.7 Å². The number of methoxy groups -OCH3 is 1. The molecule has 0 radical (unpaired) electrons. The van der Waals surface area contributed by atoms with Gasteiger partial charge in [-0.05, 0) is 73.2 Å². The fourth-order valence-corrected chi connectivity index (χ4v) is 5.97. The number of benzene rings is 3. The first kappa shape index (κ1) is 33.6. The molecule has 0 unspecified atom stereocenters. The van der Waals surface area contributed by atoms with Crippen LogP contribution in [0.5, 0.6) is 11.5 Å². The Balaban J connectivity index is 1.28. The number of amides is 2. The first-order valence-corrected chi connectivity index (χ1v) is 15.9. The van der Waals surface area contributed by atoms with Crippen molar-refractivity contribution in [1.29, 1.82) is 0 Å². The highest BCUT2D eigenvalue weighted by Crippen LogP contribution is 2.35. The summed E-state index contributed by atoms with van der Waals surface area (Å²) in [4.78, 5) is 24.1. The fraction of sp³-hybridized carbons (Fsp3) is 0.294. The van der Waals surface area contributed by atoms with E-state index in [-0.39, 0.29) is 11.7 Å². The molecule has 0 spiro atoms. The Morgan fingerprint density at radius 3 is 2.38 bits per heavy atom. The molecule has 47 heavy (non-hydrogen) atoms. The highest BCUT2D eigenvalue weighted by molar-refractivity contribution is 8.14. The zero-order valence-corrected chi connectivity index (χ0v) is 27.4. The van der Waals surface area contributed by atoms with Gasteiger partial charge in [0, 0.05) is 35.3 Å². The molecule has 2 heterocycles. The van der Waals surface area contributed by atoms with Crippen LogP contribution in [0.1, 0.15) is 51.2 Å². The van der Waals surface area contributed by atoms with Crippen LogP contribution in [-0.2, 0) is 0 Å². The molecular formula is C34H35F3N6O3S. The Bertz CT molecular complexity index is 1780. The topological polar surface area (TPSA) is 93.9 Å². The quantitative estimate of drug-likeness (QED) is 0.202. The van der Waals surface area contributed by atoms with Gasteiger partial charge < -0.3 is 19.7 Å². The van der Waals surface area contributed by atoms with E-state index in [9.17, 15) is 18.0 Å². The van der Waals surface area contributed by atoms with Crippen LogP contribution in [0.25, 0.3) is 22.6 Å². The van der Waals surface area contributed by atoms with E-state index in [2.05, 4.69) is 49.9 Å². The minimum Gasteiger partial charge on any atom is -0.497 e. The third-order valence-corrected chi connectivity index (χ3v) is 8.66. The second kappa shape index (κ2) is 14.3. The lowest BCUT2D eigenvalue weighted by atomic mass is 10.00. The summed E-state index contributed by atoms with van der Waals surface area (Å²) in [6.45, 7) is 8.79. The summed E-state index contributed by atoms with van der Waals surface area (Å²) >= 11 is 1.56. The molecule has 9 nitrogen and oxygen atoms in total. The van der Waals surface area contributed by atoms with Crippen molar-refractivity contribution < 1.29 is 27.4 Å². The summed E-state index contributed by atoms with van der Waals surface area (Å²) in [6, 6.07) is 18.5. The largest absolute Gasteiger partial charge is 0.573 e. The Morgan fingerprint density at radius 2 is 1.72 bits per heavy atom. The zero-order chi connectivity index (χ0) is 33.7. The van der Waals surface area contributed by atoms with Crippen LogP contribution in [0.3, 0.4) is 0 Å². The van der Waals surface area contributed by atoms with Crippen LogP contribution >= 0.6 is 11.8 Å². The predicted molar refractivity (Wildman–Crippen MR) is 179 cm³/mol. The van der Waals surface area contributed by atoms with Crippen molar-refractivity contribution in [3.63, 3.8) is 0 Å². The van der Waals surface area contributed by atoms with E-state index in [0.29, 0.717) is 22.4 Å². The molecule has 0 aliphatic carbocycles. The number of hydrogen-bond donors (Lipinski definition) is 1. The summed E-state index contributed by atoms with van der Waals surface area (Å²) < 4.78 is 48.2.